The summed E-state index contributed by atoms with van der Waals surface area (Å²) in [6.07, 6.45) is -0.250. The smallest absolute Gasteiger partial charge is 0.248 e. The molecule has 1 atom stereocenters. The molecule has 1 aromatic heterocycles. The third-order valence-corrected chi connectivity index (χ3v) is 5.76. The molecule has 39 heavy (non-hydrogen) atoms. The minimum Gasteiger partial charge on any atom is -0.493 e. The van der Waals surface area contributed by atoms with Crippen LogP contribution in [0.2, 0.25) is 0 Å². The van der Waals surface area contributed by atoms with Crippen LogP contribution in [0, 0.1) is 6.92 Å². The predicted molar refractivity (Wildman–Crippen MR) is 146 cm³/mol. The number of amides is 3. The van der Waals surface area contributed by atoms with Gasteiger partial charge in [-0.2, -0.15) is 0 Å². The van der Waals surface area contributed by atoms with Crippen molar-refractivity contribution in [1.82, 2.24) is 15.4 Å². The molecule has 3 rings (SSSR count). The molecule has 0 radical (unpaired) electrons. The Kier molecular flexibility index (Phi) is 9.70. The van der Waals surface area contributed by atoms with E-state index in [1.165, 1.54) is 19.1 Å². The first-order valence-corrected chi connectivity index (χ1v) is 12.6. The summed E-state index contributed by atoms with van der Waals surface area (Å²) >= 11 is 0. The fourth-order valence-corrected chi connectivity index (χ4v) is 4.11. The summed E-state index contributed by atoms with van der Waals surface area (Å²) in [6.45, 7) is 7.44. The average Bonchev–Trinajstić information content (AvgIpc) is 3.30. The van der Waals surface area contributed by atoms with Gasteiger partial charge in [0.2, 0.25) is 17.7 Å². The number of anilines is 1. The average molecular weight is 537 g/mol. The number of methoxy groups -OCH3 is 2. The predicted octanol–water partition coefficient (Wildman–Crippen LogP) is 4.40. The lowest BCUT2D eigenvalue weighted by Gasteiger charge is -2.34. The van der Waals surface area contributed by atoms with Crippen molar-refractivity contribution in [2.24, 2.45) is 0 Å². The van der Waals surface area contributed by atoms with Gasteiger partial charge in [0.25, 0.3) is 0 Å². The van der Waals surface area contributed by atoms with Gasteiger partial charge in [-0.1, -0.05) is 47.6 Å². The van der Waals surface area contributed by atoms with E-state index in [4.69, 9.17) is 14.0 Å². The lowest BCUT2D eigenvalue weighted by molar-refractivity contribution is -0.142. The molecule has 0 aliphatic rings. The van der Waals surface area contributed by atoms with E-state index in [2.05, 4.69) is 15.8 Å². The highest BCUT2D eigenvalue weighted by Gasteiger charge is 2.36. The van der Waals surface area contributed by atoms with Gasteiger partial charge in [-0.3, -0.25) is 14.4 Å². The number of carbonyl (C=O) groups is 3. The summed E-state index contributed by atoms with van der Waals surface area (Å²) in [5.74, 6) is 0.429. The van der Waals surface area contributed by atoms with Crippen LogP contribution in [0.15, 0.2) is 59.1 Å². The molecule has 0 aliphatic heterocycles. The van der Waals surface area contributed by atoms with Crippen molar-refractivity contribution >= 4 is 23.5 Å². The maximum absolute atomic E-state index is 13.8. The van der Waals surface area contributed by atoms with Gasteiger partial charge in [-0.15, -0.1) is 0 Å². The van der Waals surface area contributed by atoms with Crippen molar-refractivity contribution < 1.29 is 28.4 Å². The monoisotopic (exact) mass is 536 g/mol. The Balaban J connectivity index is 1.99. The first kappa shape index (κ1) is 29.2. The molecule has 0 saturated carbocycles. The third kappa shape index (κ3) is 8.07. The second-order valence-corrected chi connectivity index (χ2v) is 10.1. The minimum atomic E-state index is -1.07. The summed E-state index contributed by atoms with van der Waals surface area (Å²) in [4.78, 5) is 41.7. The van der Waals surface area contributed by atoms with Crippen LogP contribution in [-0.2, 0) is 20.9 Å². The van der Waals surface area contributed by atoms with Gasteiger partial charge in [0, 0.05) is 36.6 Å². The molecule has 2 N–H and O–H groups in total. The highest BCUT2D eigenvalue weighted by atomic mass is 16.5. The van der Waals surface area contributed by atoms with Crippen LogP contribution >= 0.6 is 0 Å². The highest BCUT2D eigenvalue weighted by Crippen LogP contribution is 2.38. The molecule has 3 aromatic rings. The molecule has 0 spiro atoms. The summed E-state index contributed by atoms with van der Waals surface area (Å²) in [7, 11) is 2.99. The van der Waals surface area contributed by atoms with Crippen molar-refractivity contribution in [3.05, 3.63) is 71.5 Å². The summed E-state index contributed by atoms with van der Waals surface area (Å²) in [6, 6.07) is 15.1. The second kappa shape index (κ2) is 12.9. The SMILES string of the molecule is COc1cccc(C(C(=O)NC(C)(C)C)N(Cc2ccccc2)C(=O)CCC(=O)Nc2cc(C)on2)c1OC. The van der Waals surface area contributed by atoms with Crippen LogP contribution in [0.1, 0.15) is 56.5 Å². The third-order valence-electron chi connectivity index (χ3n) is 5.76. The number of rotatable bonds is 11. The molecular formula is C29H36N4O6. The van der Waals surface area contributed by atoms with E-state index in [1.807, 2.05) is 51.1 Å². The van der Waals surface area contributed by atoms with Gasteiger partial charge in [0.05, 0.1) is 14.2 Å². The number of ether oxygens (including phenoxy) is 2. The van der Waals surface area contributed by atoms with Gasteiger partial charge in [0.15, 0.2) is 17.3 Å². The molecule has 0 saturated heterocycles. The summed E-state index contributed by atoms with van der Waals surface area (Å²) in [5.41, 5.74) is 0.715. The van der Waals surface area contributed by atoms with Crippen molar-refractivity contribution in [2.45, 2.75) is 58.7 Å². The number of benzene rings is 2. The number of para-hydroxylation sites is 1. The van der Waals surface area contributed by atoms with Crippen molar-refractivity contribution in [1.29, 1.82) is 0 Å². The lowest BCUT2D eigenvalue weighted by atomic mass is 9.98. The molecule has 1 unspecified atom stereocenters. The fourth-order valence-electron chi connectivity index (χ4n) is 4.11. The van der Waals surface area contributed by atoms with Gasteiger partial charge in [0.1, 0.15) is 11.8 Å². The zero-order chi connectivity index (χ0) is 28.6. The zero-order valence-electron chi connectivity index (χ0n) is 23.2. The molecule has 208 valence electrons. The van der Waals surface area contributed by atoms with Gasteiger partial charge >= 0.3 is 0 Å². The van der Waals surface area contributed by atoms with E-state index in [-0.39, 0.29) is 37.0 Å². The van der Waals surface area contributed by atoms with Crippen LogP contribution in [0.4, 0.5) is 5.82 Å². The van der Waals surface area contributed by atoms with Crippen LogP contribution in [-0.4, -0.2) is 47.5 Å². The Bertz CT molecular complexity index is 1280. The molecule has 2 aromatic carbocycles. The minimum absolute atomic E-state index is 0.112. The Morgan fingerprint density at radius 2 is 1.72 bits per heavy atom. The number of aromatic nitrogens is 1. The molecule has 3 amide bonds. The Morgan fingerprint density at radius 3 is 2.31 bits per heavy atom. The molecule has 1 heterocycles. The van der Waals surface area contributed by atoms with Crippen LogP contribution < -0.4 is 20.1 Å². The first-order chi connectivity index (χ1) is 18.5. The van der Waals surface area contributed by atoms with Crippen LogP contribution in [0.25, 0.3) is 0 Å². The number of aryl methyl sites for hydroxylation is 1. The number of hydrogen-bond acceptors (Lipinski definition) is 7. The standard InChI is InChI=1S/C29H36N4O6/c1-19-17-23(32-39-19)30-24(34)15-16-25(35)33(18-20-11-8-7-9-12-20)26(28(36)31-29(2,3)4)21-13-10-14-22(37-5)27(21)38-6/h7-14,17,26H,15-16,18H2,1-6H3,(H,31,36)(H,30,32,34). The van der Waals surface area contributed by atoms with Gasteiger partial charge < -0.3 is 29.5 Å². The van der Waals surface area contributed by atoms with Crippen molar-refractivity contribution in [3.63, 3.8) is 0 Å². The van der Waals surface area contributed by atoms with Gasteiger partial charge in [-0.05, 0) is 39.3 Å². The summed E-state index contributed by atoms with van der Waals surface area (Å²) in [5, 5.41) is 9.38. The highest BCUT2D eigenvalue weighted by molar-refractivity contribution is 5.94. The number of nitrogens with one attached hydrogen (secondary N) is 2. The lowest BCUT2D eigenvalue weighted by Crippen LogP contribution is -2.49. The van der Waals surface area contributed by atoms with E-state index in [1.54, 1.807) is 31.2 Å². The Morgan fingerprint density at radius 1 is 1.00 bits per heavy atom. The van der Waals surface area contributed by atoms with Crippen molar-refractivity contribution in [2.75, 3.05) is 19.5 Å². The van der Waals surface area contributed by atoms with Crippen LogP contribution in [0.5, 0.6) is 11.5 Å². The first-order valence-electron chi connectivity index (χ1n) is 12.6. The number of hydrogen-bond donors (Lipinski definition) is 2. The molecule has 0 fully saturated rings. The Hall–Kier alpha value is -4.34. The number of nitrogens with zero attached hydrogens (tertiary/aromatic N) is 2. The fraction of sp³-hybridized carbons (Fsp3) is 0.379. The normalized spacial score (nSPS) is 11.8. The molecule has 10 nitrogen and oxygen atoms in total. The topological polar surface area (TPSA) is 123 Å². The molecule has 10 heteroatoms. The second-order valence-electron chi connectivity index (χ2n) is 10.1. The van der Waals surface area contributed by atoms with E-state index in [0.29, 0.717) is 22.8 Å². The van der Waals surface area contributed by atoms with Gasteiger partial charge in [-0.25, -0.2) is 0 Å². The molecular weight excluding hydrogens is 500 g/mol. The maximum Gasteiger partial charge on any atom is 0.248 e. The zero-order valence-corrected chi connectivity index (χ0v) is 23.2. The summed E-state index contributed by atoms with van der Waals surface area (Å²) < 4.78 is 16.1. The molecule has 0 aliphatic carbocycles. The van der Waals surface area contributed by atoms with E-state index < -0.39 is 17.5 Å². The Labute approximate surface area is 228 Å². The largest absolute Gasteiger partial charge is 0.493 e. The van der Waals surface area contributed by atoms with E-state index in [9.17, 15) is 14.4 Å². The van der Waals surface area contributed by atoms with E-state index >= 15 is 0 Å². The van der Waals surface area contributed by atoms with E-state index in [0.717, 1.165) is 5.56 Å². The molecule has 0 bridgehead atoms. The quantitative estimate of drug-likeness (QED) is 0.372. The van der Waals surface area contributed by atoms with Crippen molar-refractivity contribution in [3.8, 4) is 11.5 Å². The number of carbonyl (C=O) groups excluding carboxylic acids is 3. The maximum atomic E-state index is 13.8. The van der Waals surface area contributed by atoms with Crippen LogP contribution in [0.3, 0.4) is 0 Å².